The molecule has 1 aromatic rings. The van der Waals surface area contributed by atoms with Gasteiger partial charge >= 0.3 is 5.97 Å². The molecule has 0 spiro atoms. The molecule has 5 nitrogen and oxygen atoms in total. The van der Waals surface area contributed by atoms with Crippen LogP contribution in [0.3, 0.4) is 0 Å². The smallest absolute Gasteiger partial charge is 0.344 e. The highest BCUT2D eigenvalue weighted by atomic mass is 16.5. The van der Waals surface area contributed by atoms with Crippen molar-refractivity contribution in [2.75, 3.05) is 0 Å². The Bertz CT molecular complexity index is 384. The van der Waals surface area contributed by atoms with Gasteiger partial charge < -0.3 is 9.84 Å². The van der Waals surface area contributed by atoms with E-state index in [2.05, 4.69) is 4.98 Å². The predicted molar refractivity (Wildman–Crippen MR) is 46.7 cm³/mol. The van der Waals surface area contributed by atoms with Crippen molar-refractivity contribution in [1.82, 2.24) is 4.98 Å². The summed E-state index contributed by atoms with van der Waals surface area (Å²) >= 11 is 0. The van der Waals surface area contributed by atoms with E-state index in [0.717, 1.165) is 0 Å². The summed E-state index contributed by atoms with van der Waals surface area (Å²) in [6, 6.07) is 4.89. The van der Waals surface area contributed by atoms with Crippen LogP contribution in [0.2, 0.25) is 0 Å². The third-order valence-corrected chi connectivity index (χ3v) is 1.53. The van der Waals surface area contributed by atoms with Crippen LogP contribution in [0.15, 0.2) is 18.3 Å². The summed E-state index contributed by atoms with van der Waals surface area (Å²) < 4.78 is 5.01. The Morgan fingerprint density at radius 2 is 2.50 bits per heavy atom. The lowest BCUT2D eigenvalue weighted by Gasteiger charge is -2.10. The van der Waals surface area contributed by atoms with Crippen molar-refractivity contribution in [3.8, 4) is 11.8 Å². The zero-order valence-corrected chi connectivity index (χ0v) is 7.47. The Hall–Kier alpha value is -2.09. The molecule has 0 radical (unpaired) electrons. The van der Waals surface area contributed by atoms with Gasteiger partial charge in [0, 0.05) is 6.20 Å². The van der Waals surface area contributed by atoms with Crippen LogP contribution in [0.1, 0.15) is 12.6 Å². The molecule has 1 atom stereocenters. The summed E-state index contributed by atoms with van der Waals surface area (Å²) in [7, 11) is 0. The first-order valence-electron chi connectivity index (χ1n) is 3.89. The summed E-state index contributed by atoms with van der Waals surface area (Å²) in [5, 5.41) is 17.2. The van der Waals surface area contributed by atoms with E-state index in [1.807, 2.05) is 6.07 Å². The SMILES string of the molecule is CC(Oc1cccnc1C#N)C(=O)O. The van der Waals surface area contributed by atoms with Gasteiger partial charge in [-0.2, -0.15) is 5.26 Å². The van der Waals surface area contributed by atoms with Crippen LogP contribution in [0.5, 0.6) is 5.75 Å². The second kappa shape index (κ2) is 4.23. The second-order valence-corrected chi connectivity index (χ2v) is 2.56. The summed E-state index contributed by atoms with van der Waals surface area (Å²) in [5.74, 6) is -0.900. The third kappa shape index (κ3) is 2.20. The second-order valence-electron chi connectivity index (χ2n) is 2.56. The van der Waals surface area contributed by atoms with Crippen molar-refractivity contribution in [2.45, 2.75) is 13.0 Å². The van der Waals surface area contributed by atoms with Crippen molar-refractivity contribution in [2.24, 2.45) is 0 Å². The highest BCUT2D eigenvalue weighted by molar-refractivity contribution is 5.72. The van der Waals surface area contributed by atoms with E-state index in [-0.39, 0.29) is 11.4 Å². The zero-order valence-electron chi connectivity index (χ0n) is 7.47. The summed E-state index contributed by atoms with van der Waals surface area (Å²) in [6.45, 7) is 1.39. The van der Waals surface area contributed by atoms with Crippen molar-refractivity contribution in [3.05, 3.63) is 24.0 Å². The number of carboxylic acids is 1. The molecule has 72 valence electrons. The average molecular weight is 192 g/mol. The van der Waals surface area contributed by atoms with Gasteiger partial charge in [0.2, 0.25) is 0 Å². The quantitative estimate of drug-likeness (QED) is 0.765. The van der Waals surface area contributed by atoms with E-state index in [4.69, 9.17) is 15.1 Å². The minimum atomic E-state index is -1.09. The Kier molecular flexibility index (Phi) is 3.02. The van der Waals surface area contributed by atoms with Gasteiger partial charge in [0.05, 0.1) is 0 Å². The highest BCUT2D eigenvalue weighted by Gasteiger charge is 2.14. The van der Waals surface area contributed by atoms with Gasteiger partial charge in [0.15, 0.2) is 17.5 Å². The molecule has 0 aliphatic carbocycles. The van der Waals surface area contributed by atoms with E-state index in [1.54, 1.807) is 6.07 Å². The van der Waals surface area contributed by atoms with E-state index >= 15 is 0 Å². The fraction of sp³-hybridized carbons (Fsp3) is 0.222. The largest absolute Gasteiger partial charge is 0.479 e. The topological polar surface area (TPSA) is 83.2 Å². The molecular weight excluding hydrogens is 184 g/mol. The standard InChI is InChI=1S/C9H8N2O3/c1-6(9(12)13)14-8-3-2-4-11-7(8)5-10/h2-4,6H,1H3,(H,12,13). The average Bonchev–Trinajstić information content (AvgIpc) is 2.18. The first kappa shape index (κ1) is 9.99. The highest BCUT2D eigenvalue weighted by Crippen LogP contribution is 2.15. The van der Waals surface area contributed by atoms with Crippen molar-refractivity contribution in [3.63, 3.8) is 0 Å². The number of carboxylic acid groups (broad SMARTS) is 1. The van der Waals surface area contributed by atoms with Crippen LogP contribution < -0.4 is 4.74 Å². The molecule has 5 heteroatoms. The molecule has 1 N–H and O–H groups in total. The molecular formula is C9H8N2O3. The maximum Gasteiger partial charge on any atom is 0.344 e. The Morgan fingerprint density at radius 1 is 1.79 bits per heavy atom. The molecule has 1 heterocycles. The molecule has 14 heavy (non-hydrogen) atoms. The molecule has 0 aliphatic heterocycles. The fourth-order valence-corrected chi connectivity index (χ4v) is 0.810. The Morgan fingerprint density at radius 3 is 3.07 bits per heavy atom. The predicted octanol–water partition coefficient (Wildman–Crippen LogP) is 0.805. The Labute approximate surface area is 80.6 Å². The van der Waals surface area contributed by atoms with Gasteiger partial charge in [-0.3, -0.25) is 0 Å². The first-order chi connectivity index (χ1) is 6.65. The summed E-state index contributed by atoms with van der Waals surface area (Å²) in [5.41, 5.74) is 0.0839. The first-order valence-corrected chi connectivity index (χ1v) is 3.89. The Balaban J connectivity index is 2.87. The van der Waals surface area contributed by atoms with Crippen molar-refractivity contribution >= 4 is 5.97 Å². The maximum atomic E-state index is 10.5. The van der Waals surface area contributed by atoms with Crippen molar-refractivity contribution < 1.29 is 14.6 Å². The number of rotatable bonds is 3. The number of hydrogen-bond donors (Lipinski definition) is 1. The van der Waals surface area contributed by atoms with Gasteiger partial charge in [0.1, 0.15) is 6.07 Å². The van der Waals surface area contributed by atoms with E-state index in [0.29, 0.717) is 0 Å². The van der Waals surface area contributed by atoms with Gasteiger partial charge in [-0.05, 0) is 19.1 Å². The molecule has 0 saturated heterocycles. The lowest BCUT2D eigenvalue weighted by Crippen LogP contribution is -2.23. The number of ether oxygens (including phenoxy) is 1. The lowest BCUT2D eigenvalue weighted by atomic mass is 10.3. The molecule has 0 bridgehead atoms. The van der Waals surface area contributed by atoms with Crippen LogP contribution in [-0.4, -0.2) is 22.2 Å². The molecule has 0 aromatic carbocycles. The minimum Gasteiger partial charge on any atom is -0.479 e. The van der Waals surface area contributed by atoms with Gasteiger partial charge in [-0.1, -0.05) is 0 Å². The van der Waals surface area contributed by atoms with Gasteiger partial charge in [-0.15, -0.1) is 0 Å². The summed E-state index contributed by atoms with van der Waals surface area (Å²) in [4.78, 5) is 14.2. The number of aliphatic carboxylic acids is 1. The number of aromatic nitrogens is 1. The van der Waals surface area contributed by atoms with Crippen LogP contribution >= 0.6 is 0 Å². The lowest BCUT2D eigenvalue weighted by molar-refractivity contribution is -0.144. The van der Waals surface area contributed by atoms with Crippen LogP contribution in [0.4, 0.5) is 0 Å². The zero-order chi connectivity index (χ0) is 10.6. The number of nitrogens with zero attached hydrogens (tertiary/aromatic N) is 2. The number of nitriles is 1. The molecule has 1 aromatic heterocycles. The third-order valence-electron chi connectivity index (χ3n) is 1.53. The van der Waals surface area contributed by atoms with Gasteiger partial charge in [0.25, 0.3) is 0 Å². The molecule has 0 aliphatic rings. The molecule has 0 amide bonds. The number of carbonyl (C=O) groups is 1. The van der Waals surface area contributed by atoms with Crippen LogP contribution in [-0.2, 0) is 4.79 Å². The fourth-order valence-electron chi connectivity index (χ4n) is 0.810. The van der Waals surface area contributed by atoms with E-state index in [9.17, 15) is 4.79 Å². The molecule has 1 unspecified atom stereocenters. The maximum absolute atomic E-state index is 10.5. The normalized spacial score (nSPS) is 11.4. The van der Waals surface area contributed by atoms with Gasteiger partial charge in [-0.25, -0.2) is 9.78 Å². The molecule has 1 rings (SSSR count). The summed E-state index contributed by atoms with van der Waals surface area (Å²) in [6.07, 6.45) is 0.447. The van der Waals surface area contributed by atoms with E-state index < -0.39 is 12.1 Å². The van der Waals surface area contributed by atoms with Crippen LogP contribution in [0.25, 0.3) is 0 Å². The number of hydrogen-bond acceptors (Lipinski definition) is 4. The minimum absolute atomic E-state index is 0.0839. The van der Waals surface area contributed by atoms with Crippen molar-refractivity contribution in [1.29, 1.82) is 5.26 Å². The molecule has 0 saturated carbocycles. The number of pyridine rings is 1. The monoisotopic (exact) mass is 192 g/mol. The van der Waals surface area contributed by atoms with Crippen LogP contribution in [0, 0.1) is 11.3 Å². The van der Waals surface area contributed by atoms with E-state index in [1.165, 1.54) is 19.2 Å². The molecule has 0 fully saturated rings.